The van der Waals surface area contributed by atoms with Gasteiger partial charge in [0.05, 0.1) is 11.0 Å². The van der Waals surface area contributed by atoms with Gasteiger partial charge in [0.15, 0.2) is 0 Å². The summed E-state index contributed by atoms with van der Waals surface area (Å²) in [6.45, 7) is 4.72. The summed E-state index contributed by atoms with van der Waals surface area (Å²) in [7, 11) is 0. The van der Waals surface area contributed by atoms with E-state index >= 15 is 0 Å². The molecule has 1 aliphatic rings. The lowest BCUT2D eigenvalue weighted by Crippen LogP contribution is -2.14. The van der Waals surface area contributed by atoms with Crippen LogP contribution in [0.4, 0.5) is 0 Å². The Hall–Kier alpha value is -5.44. The van der Waals surface area contributed by atoms with Crippen molar-refractivity contribution in [3.63, 3.8) is 0 Å². The Balaban J connectivity index is 1.05. The fourth-order valence-corrected chi connectivity index (χ4v) is 9.30. The summed E-state index contributed by atoms with van der Waals surface area (Å²) in [6, 6.07) is 56.2. The first kappa shape index (κ1) is 26.7. The molecule has 7 aromatic carbocycles. The highest BCUT2D eigenvalue weighted by molar-refractivity contribution is 7.26. The van der Waals surface area contributed by atoms with Gasteiger partial charge in [-0.05, 0) is 80.9 Å². The molecule has 0 saturated heterocycles. The summed E-state index contributed by atoms with van der Waals surface area (Å²) in [5.41, 5.74) is 14.2. The van der Waals surface area contributed by atoms with Crippen molar-refractivity contribution in [1.29, 1.82) is 0 Å². The molecule has 0 N–H and O–H groups in total. The summed E-state index contributed by atoms with van der Waals surface area (Å²) in [4.78, 5) is 0. The topological polar surface area (TPSA) is 4.93 Å². The molecule has 1 aliphatic carbocycles. The fraction of sp³-hybridized carbons (Fsp3) is 0.0667. The van der Waals surface area contributed by atoms with Crippen molar-refractivity contribution in [2.24, 2.45) is 0 Å². The first-order valence-corrected chi connectivity index (χ1v) is 17.2. The summed E-state index contributed by atoms with van der Waals surface area (Å²) in [5.74, 6) is 0. The molecule has 0 spiro atoms. The second-order valence-corrected chi connectivity index (χ2v) is 14.4. The number of fused-ring (bicyclic) bond motifs is 9. The van der Waals surface area contributed by atoms with Crippen LogP contribution in [0.2, 0.25) is 0 Å². The number of para-hydroxylation sites is 1. The Labute approximate surface area is 278 Å². The SMILES string of the molecule is CC1(C)c2ccccc2-c2cc3c4ccccc4n(-c4ccc(-c5ccc(-c6cccc7c6sc6ccccc67)cc5)cc4)c3cc21. The van der Waals surface area contributed by atoms with Crippen LogP contribution in [-0.4, -0.2) is 4.57 Å². The molecule has 2 heterocycles. The Bertz CT molecular complexity index is 2680. The maximum Gasteiger partial charge on any atom is 0.0544 e. The van der Waals surface area contributed by atoms with Crippen LogP contribution in [-0.2, 0) is 5.41 Å². The Kier molecular flexibility index (Phi) is 5.57. The van der Waals surface area contributed by atoms with E-state index < -0.39 is 0 Å². The van der Waals surface area contributed by atoms with E-state index in [1.54, 1.807) is 0 Å². The predicted molar refractivity (Wildman–Crippen MR) is 202 cm³/mol. The lowest BCUT2D eigenvalue weighted by atomic mass is 9.82. The van der Waals surface area contributed by atoms with Gasteiger partial charge in [-0.1, -0.05) is 129 Å². The van der Waals surface area contributed by atoms with Crippen LogP contribution in [0, 0.1) is 0 Å². The average molecular weight is 618 g/mol. The monoisotopic (exact) mass is 617 g/mol. The molecule has 0 saturated carbocycles. The van der Waals surface area contributed by atoms with Crippen LogP contribution in [0.25, 0.3) is 81.0 Å². The molecule has 2 heteroatoms. The summed E-state index contributed by atoms with van der Waals surface area (Å²) in [6.07, 6.45) is 0. The largest absolute Gasteiger partial charge is 0.309 e. The molecule has 10 rings (SSSR count). The van der Waals surface area contributed by atoms with Crippen LogP contribution in [0.15, 0.2) is 152 Å². The predicted octanol–water partition coefficient (Wildman–Crippen LogP) is 12.8. The van der Waals surface area contributed by atoms with E-state index in [9.17, 15) is 0 Å². The van der Waals surface area contributed by atoms with E-state index in [0.29, 0.717) is 0 Å². The van der Waals surface area contributed by atoms with E-state index in [4.69, 9.17) is 0 Å². The lowest BCUT2D eigenvalue weighted by molar-refractivity contribution is 0.661. The summed E-state index contributed by atoms with van der Waals surface area (Å²) < 4.78 is 5.14. The van der Waals surface area contributed by atoms with Crippen LogP contribution >= 0.6 is 11.3 Å². The van der Waals surface area contributed by atoms with Crippen molar-refractivity contribution in [1.82, 2.24) is 4.57 Å². The molecule has 0 bridgehead atoms. The van der Waals surface area contributed by atoms with Gasteiger partial charge in [0.25, 0.3) is 0 Å². The molecule has 222 valence electrons. The van der Waals surface area contributed by atoms with Crippen molar-refractivity contribution in [2.45, 2.75) is 19.3 Å². The maximum atomic E-state index is 2.45. The maximum absolute atomic E-state index is 2.45. The van der Waals surface area contributed by atoms with Crippen molar-refractivity contribution < 1.29 is 0 Å². The van der Waals surface area contributed by atoms with Crippen molar-refractivity contribution >= 4 is 53.3 Å². The minimum absolute atomic E-state index is 0.0417. The molecule has 0 amide bonds. The van der Waals surface area contributed by atoms with Gasteiger partial charge >= 0.3 is 0 Å². The molecule has 9 aromatic rings. The highest BCUT2D eigenvalue weighted by atomic mass is 32.1. The minimum atomic E-state index is -0.0417. The van der Waals surface area contributed by atoms with E-state index in [-0.39, 0.29) is 5.41 Å². The smallest absolute Gasteiger partial charge is 0.0544 e. The van der Waals surface area contributed by atoms with Gasteiger partial charge in [0, 0.05) is 42.0 Å². The molecule has 2 aromatic heterocycles. The first-order valence-electron chi connectivity index (χ1n) is 16.4. The van der Waals surface area contributed by atoms with Gasteiger partial charge in [0.1, 0.15) is 0 Å². The number of hydrogen-bond donors (Lipinski definition) is 0. The number of nitrogens with zero attached hydrogens (tertiary/aromatic N) is 1. The van der Waals surface area contributed by atoms with Crippen LogP contribution < -0.4 is 0 Å². The minimum Gasteiger partial charge on any atom is -0.309 e. The molecule has 0 radical (unpaired) electrons. The van der Waals surface area contributed by atoms with E-state index in [1.807, 2.05) is 11.3 Å². The fourth-order valence-electron chi connectivity index (χ4n) is 8.06. The zero-order valence-electron chi connectivity index (χ0n) is 26.3. The van der Waals surface area contributed by atoms with Crippen molar-refractivity contribution in [3.05, 3.63) is 163 Å². The first-order chi connectivity index (χ1) is 23.1. The molecule has 0 aliphatic heterocycles. The van der Waals surface area contributed by atoms with Crippen LogP contribution in [0.5, 0.6) is 0 Å². The molecule has 0 fully saturated rings. The summed E-state index contributed by atoms with van der Waals surface area (Å²) in [5, 5.41) is 5.28. The van der Waals surface area contributed by atoms with Crippen LogP contribution in [0.3, 0.4) is 0 Å². The lowest BCUT2D eigenvalue weighted by Gasteiger charge is -2.21. The molecule has 47 heavy (non-hydrogen) atoms. The zero-order chi connectivity index (χ0) is 31.3. The molecular weight excluding hydrogens is 587 g/mol. The van der Waals surface area contributed by atoms with Crippen molar-refractivity contribution in [2.75, 3.05) is 0 Å². The second kappa shape index (κ2) is 9.78. The molecule has 0 atom stereocenters. The van der Waals surface area contributed by atoms with Gasteiger partial charge in [-0.15, -0.1) is 11.3 Å². The van der Waals surface area contributed by atoms with Gasteiger partial charge in [-0.2, -0.15) is 0 Å². The Morgan fingerprint density at radius 1 is 0.447 bits per heavy atom. The molecular formula is C45H31NS. The number of hydrogen-bond acceptors (Lipinski definition) is 1. The second-order valence-electron chi connectivity index (χ2n) is 13.3. The zero-order valence-corrected chi connectivity index (χ0v) is 27.1. The van der Waals surface area contributed by atoms with Crippen LogP contribution in [0.1, 0.15) is 25.0 Å². The van der Waals surface area contributed by atoms with E-state index in [0.717, 1.165) is 0 Å². The number of benzene rings is 7. The van der Waals surface area contributed by atoms with E-state index in [2.05, 4.69) is 170 Å². The standard InChI is InChI=1S/C45H31NS/c1-45(2)39-15-6-3-10-33(39)37-26-38-34-11-4-7-16-41(34)46(42(38)27-40(37)45)31-24-22-29(23-25-31)28-18-20-30(21-19-28)32-13-9-14-36-35-12-5-8-17-43(35)47-44(32)36/h3-27H,1-2H3. The number of aromatic nitrogens is 1. The Morgan fingerprint density at radius 3 is 1.91 bits per heavy atom. The van der Waals surface area contributed by atoms with Gasteiger partial charge in [0.2, 0.25) is 0 Å². The number of thiophene rings is 1. The Morgan fingerprint density at radius 2 is 1.09 bits per heavy atom. The molecule has 0 unspecified atom stereocenters. The highest BCUT2D eigenvalue weighted by Gasteiger charge is 2.36. The highest BCUT2D eigenvalue weighted by Crippen LogP contribution is 2.51. The summed E-state index contributed by atoms with van der Waals surface area (Å²) >= 11 is 1.89. The van der Waals surface area contributed by atoms with Gasteiger partial charge in [-0.25, -0.2) is 0 Å². The van der Waals surface area contributed by atoms with E-state index in [1.165, 1.54) is 92.2 Å². The third kappa shape index (κ3) is 3.83. The third-order valence-corrected chi connectivity index (χ3v) is 11.7. The van der Waals surface area contributed by atoms with Gasteiger partial charge < -0.3 is 4.57 Å². The van der Waals surface area contributed by atoms with Gasteiger partial charge in [-0.3, -0.25) is 0 Å². The average Bonchev–Trinajstić information content (AvgIpc) is 3.73. The number of rotatable bonds is 3. The third-order valence-electron chi connectivity index (χ3n) is 10.4. The quantitative estimate of drug-likeness (QED) is 0.186. The van der Waals surface area contributed by atoms with Crippen molar-refractivity contribution in [3.8, 4) is 39.1 Å². The molecule has 1 nitrogen and oxygen atoms in total. The normalized spacial score (nSPS) is 13.5.